The van der Waals surface area contributed by atoms with Gasteiger partial charge in [-0.3, -0.25) is 0 Å². The number of benzene rings is 9. The zero-order chi connectivity index (χ0) is 66.0. The Kier molecular flexibility index (Phi) is 21.2. The van der Waals surface area contributed by atoms with Crippen molar-refractivity contribution in [1.82, 2.24) is 0 Å². The van der Waals surface area contributed by atoms with Crippen molar-refractivity contribution >= 4 is 38.2 Å². The van der Waals surface area contributed by atoms with E-state index in [9.17, 15) is 0 Å². The average Bonchev–Trinajstić information content (AvgIpc) is 0.750. The lowest BCUT2D eigenvalue weighted by atomic mass is 9.79. The smallest absolute Gasteiger partial charge is 0.496 e. The molecule has 0 spiro atoms. The van der Waals surface area contributed by atoms with Crippen molar-refractivity contribution in [2.45, 2.75) is 53.9 Å². The summed E-state index contributed by atoms with van der Waals surface area (Å²) in [4.78, 5) is 0. The predicted molar refractivity (Wildman–Crippen MR) is 346 cm³/mol. The van der Waals surface area contributed by atoms with Crippen LogP contribution in [0.5, 0.6) is 34.5 Å². The molecule has 0 aliphatic carbocycles. The van der Waals surface area contributed by atoms with Crippen molar-refractivity contribution in [2.24, 2.45) is 0 Å². The number of para-hydroxylation sites is 6. The summed E-state index contributed by atoms with van der Waals surface area (Å²) in [6.45, 7) is 2.98. The maximum atomic E-state index is 16.2. The second kappa shape index (κ2) is 28.6. The normalized spacial score (nSPS) is 14.0. The van der Waals surface area contributed by atoms with E-state index in [4.69, 9.17) is 54.5 Å². The molecule has 0 aliphatic heterocycles. The first-order chi connectivity index (χ1) is 44.1. The van der Waals surface area contributed by atoms with Gasteiger partial charge >= 0.3 is 38.2 Å². The maximum absolute atomic E-state index is 16.2. The van der Waals surface area contributed by atoms with E-state index in [2.05, 4.69) is 0 Å². The van der Waals surface area contributed by atoms with Gasteiger partial charge in [-0.2, -0.15) is 37.2 Å². The summed E-state index contributed by atoms with van der Waals surface area (Å²) in [5, 5.41) is 0. The topological polar surface area (TPSA) is 230 Å². The van der Waals surface area contributed by atoms with Gasteiger partial charge in [0.05, 0.1) is 42.7 Å². The molecule has 3 atom stereocenters. The molecule has 0 amide bonds. The highest BCUT2D eigenvalue weighted by atomic mass is 32.3. The van der Waals surface area contributed by atoms with Gasteiger partial charge in [0.2, 0.25) is 0 Å². The van der Waals surface area contributed by atoms with Gasteiger partial charge in [0.15, 0.2) is 33.1 Å². The highest BCUT2D eigenvalue weighted by molar-refractivity contribution is 7.98. The molecule has 0 saturated heterocycles. The first-order valence-corrected chi connectivity index (χ1v) is 34.5. The van der Waals surface area contributed by atoms with Crippen molar-refractivity contribution in [1.29, 1.82) is 0 Å². The molecule has 9 aromatic carbocycles. The maximum Gasteiger partial charge on any atom is 0.519 e. The predicted octanol–water partition coefficient (Wildman–Crippen LogP) is 13.2. The van der Waals surface area contributed by atoms with E-state index in [0.29, 0.717) is 16.7 Å². The zero-order valence-electron chi connectivity index (χ0n) is 51.7. The second-order valence-electron chi connectivity index (χ2n) is 20.5. The summed E-state index contributed by atoms with van der Waals surface area (Å²) >= 11 is 0. The Morgan fingerprint density at radius 1 is 0.272 bits per heavy atom. The summed E-state index contributed by atoms with van der Waals surface area (Å²) < 4.78 is 182. The van der Waals surface area contributed by atoms with Crippen LogP contribution in [-0.4, -0.2) is 84.2 Å². The zero-order valence-corrected chi connectivity index (χ0v) is 55.0. The van der Waals surface area contributed by atoms with Gasteiger partial charge in [0, 0.05) is 33.4 Å². The van der Waals surface area contributed by atoms with E-state index in [0.717, 1.165) is 20.8 Å². The van der Waals surface area contributed by atoms with Crippen LogP contribution in [0.4, 0.5) is 0 Å². The second-order valence-corrected chi connectivity index (χ2v) is 28.2. The van der Waals surface area contributed by atoms with Gasteiger partial charge < -0.3 is 42.6 Å². The van der Waals surface area contributed by atoms with Crippen LogP contribution in [-0.2, 0) is 77.8 Å². The summed E-state index contributed by atoms with van der Waals surface area (Å²) in [7, 11) is -16.1. The van der Waals surface area contributed by atoms with Crippen LogP contribution in [0, 0.1) is 0 Å². The Labute approximate surface area is 537 Å². The molecule has 0 aliphatic rings. The number of methoxy groups -OCH3 is 6. The van der Waals surface area contributed by atoms with Gasteiger partial charge in [0.25, 0.3) is 0 Å². The van der Waals surface area contributed by atoms with Crippen molar-refractivity contribution in [3.63, 3.8) is 0 Å². The van der Waals surface area contributed by atoms with Gasteiger partial charge in [-0.05, 0) is 73.9 Å². The van der Waals surface area contributed by atoms with Crippen molar-refractivity contribution < 1.29 is 84.4 Å². The quantitative estimate of drug-likeness (QED) is 0.0301. The van der Waals surface area contributed by atoms with Crippen LogP contribution in [0.15, 0.2) is 237 Å². The van der Waals surface area contributed by atoms with Gasteiger partial charge in [-0.15, -0.1) is 0 Å². The lowest BCUT2D eigenvalue weighted by Crippen LogP contribution is -2.41. The SMILES string of the molecule is COc1ccccc1C(OC(C)S(=O)(=O)OP(=O)(OS(=O)(=O)C(C)OC(c1ccccc1)(c1ccccc1OC)c1ccccc1OC)OS(=O)(=O)C(C)OC(c1ccccc1)(c1ccccc1OC)c1ccccc1OC)(c1ccccc1)c1ccccc1OC. The Hall–Kier alpha value is -8.38. The van der Waals surface area contributed by atoms with E-state index < -0.39 is 71.3 Å². The molecule has 3 unspecified atom stereocenters. The Bertz CT molecular complexity index is 3800. The molecule has 0 aromatic heterocycles. The Morgan fingerprint density at radius 2 is 0.435 bits per heavy atom. The monoisotopic (exact) mass is 1330 g/mol. The third-order valence-electron chi connectivity index (χ3n) is 15.3. The minimum atomic E-state index is -6.83. The summed E-state index contributed by atoms with van der Waals surface area (Å²) in [6.07, 6.45) is 0. The Morgan fingerprint density at radius 3 is 0.609 bits per heavy atom. The molecule has 9 rings (SSSR count). The molecule has 482 valence electrons. The molecule has 92 heavy (non-hydrogen) atoms. The van der Waals surface area contributed by atoms with Crippen LogP contribution in [0.1, 0.15) is 70.8 Å². The summed E-state index contributed by atoms with van der Waals surface area (Å²) in [5.41, 5.74) is -11.1. The standard InChI is InChI=1S/C69H69O19PS3/c1-49(83-67(52-31-13-10-14-32-52,55-37-19-25-43-61(55)77-4)56-38-20-26-44-62(56)78-5)90(71,72)86-89(70,87-91(73,74)50(2)84-68(53-33-15-11-16-34-53,57-39-21-27-45-63(57)79-6)58-40-22-28-46-64(58)80-7)88-92(75,76)51(3)85-69(54-35-17-12-18-36-54,59-41-23-29-47-65(59)81-8)60-42-24-30-48-66(60)82-9/h10-51H,1-9H3. The molecule has 0 heterocycles. The highest BCUT2D eigenvalue weighted by Gasteiger charge is 2.55. The fourth-order valence-corrected chi connectivity index (χ4v) is 17.4. The minimum Gasteiger partial charge on any atom is -0.496 e. The van der Waals surface area contributed by atoms with Crippen LogP contribution < -0.4 is 28.4 Å². The van der Waals surface area contributed by atoms with E-state index >= 15 is 29.8 Å². The van der Waals surface area contributed by atoms with Gasteiger partial charge in [-0.1, -0.05) is 200 Å². The first kappa shape index (κ1) is 68.0. The fraction of sp³-hybridized carbons (Fsp3) is 0.217. The van der Waals surface area contributed by atoms with Crippen LogP contribution in [0.25, 0.3) is 0 Å². The number of hydrogen-bond acceptors (Lipinski definition) is 19. The van der Waals surface area contributed by atoms with Crippen LogP contribution in [0.3, 0.4) is 0 Å². The molecular formula is C69H69O19PS3. The molecule has 0 N–H and O–H groups in total. The highest BCUT2D eigenvalue weighted by Crippen LogP contribution is 2.59. The molecule has 0 fully saturated rings. The van der Waals surface area contributed by atoms with Crippen molar-refractivity contribution in [2.75, 3.05) is 42.7 Å². The molecular weight excluding hydrogens is 1260 g/mol. The first-order valence-electron chi connectivity index (χ1n) is 28.6. The number of phosphoric acid groups is 1. The summed E-state index contributed by atoms with van der Waals surface area (Å²) in [5.74, 6) is 1.20. The third kappa shape index (κ3) is 13.4. The third-order valence-corrected chi connectivity index (χ3v) is 22.7. The number of rotatable bonds is 30. The lowest BCUT2D eigenvalue weighted by Gasteiger charge is -2.39. The molecule has 0 saturated carbocycles. The average molecular weight is 1330 g/mol. The molecule has 0 bridgehead atoms. The summed E-state index contributed by atoms with van der Waals surface area (Å²) in [6, 6.07) is 64.5. The van der Waals surface area contributed by atoms with Crippen molar-refractivity contribution in [3.8, 4) is 34.5 Å². The Balaban J connectivity index is 1.23. The van der Waals surface area contributed by atoms with Crippen LogP contribution >= 0.6 is 7.82 Å². The molecule has 23 heteroatoms. The fourth-order valence-electron chi connectivity index (χ4n) is 11.1. The minimum absolute atomic E-state index is 0.200. The van der Waals surface area contributed by atoms with E-state index in [1.165, 1.54) is 42.7 Å². The van der Waals surface area contributed by atoms with E-state index in [1.807, 2.05) is 0 Å². The van der Waals surface area contributed by atoms with Crippen LogP contribution in [0.2, 0.25) is 0 Å². The van der Waals surface area contributed by atoms with E-state index in [-0.39, 0.29) is 67.9 Å². The van der Waals surface area contributed by atoms with Gasteiger partial charge in [0.1, 0.15) is 34.5 Å². The lowest BCUT2D eigenvalue weighted by molar-refractivity contribution is -0.00930. The number of hydrogen-bond donors (Lipinski definition) is 0. The largest absolute Gasteiger partial charge is 0.519 e. The molecule has 19 nitrogen and oxygen atoms in total. The molecule has 9 aromatic rings. The molecule has 0 radical (unpaired) electrons. The number of ether oxygens (including phenoxy) is 9. The van der Waals surface area contributed by atoms with Gasteiger partial charge in [-0.25, -0.2) is 4.57 Å². The van der Waals surface area contributed by atoms with Crippen molar-refractivity contribution in [3.05, 3.63) is 287 Å². The van der Waals surface area contributed by atoms with E-state index in [1.54, 1.807) is 237 Å².